The van der Waals surface area contributed by atoms with E-state index in [0.717, 1.165) is 19.6 Å². The topological polar surface area (TPSA) is 49.6 Å². The second-order valence-electron chi connectivity index (χ2n) is 6.60. The third-order valence-corrected chi connectivity index (χ3v) is 5.62. The number of nitrogens with two attached hydrogens (primary N) is 1. The van der Waals surface area contributed by atoms with E-state index in [4.69, 9.17) is 5.73 Å². The number of benzene rings is 1. The Kier molecular flexibility index (Phi) is 5.66. The van der Waals surface area contributed by atoms with E-state index in [1.54, 1.807) is 11.3 Å². The minimum absolute atomic E-state index is 0.341. The van der Waals surface area contributed by atoms with E-state index >= 15 is 0 Å². The van der Waals surface area contributed by atoms with E-state index in [1.165, 1.54) is 29.8 Å². The summed E-state index contributed by atoms with van der Waals surface area (Å²) in [6.45, 7) is 4.17. The van der Waals surface area contributed by atoms with Gasteiger partial charge in [-0.1, -0.05) is 30.3 Å². The van der Waals surface area contributed by atoms with Crippen molar-refractivity contribution in [3.63, 3.8) is 0 Å². The maximum Gasteiger partial charge on any atom is 0.249 e. The summed E-state index contributed by atoms with van der Waals surface area (Å²) >= 11 is 1.62. The Bertz CT molecular complexity index is 670. The molecule has 1 aromatic carbocycles. The second-order valence-corrected chi connectivity index (χ2v) is 7.59. The van der Waals surface area contributed by atoms with Crippen LogP contribution in [0, 0.1) is 0 Å². The highest BCUT2D eigenvalue weighted by Crippen LogP contribution is 2.21. The van der Waals surface area contributed by atoms with Crippen LogP contribution in [0.1, 0.15) is 33.6 Å². The van der Waals surface area contributed by atoms with Crippen molar-refractivity contribution >= 4 is 17.2 Å². The van der Waals surface area contributed by atoms with Crippen molar-refractivity contribution in [1.29, 1.82) is 0 Å². The molecule has 0 aliphatic carbocycles. The van der Waals surface area contributed by atoms with Crippen LogP contribution >= 0.6 is 11.3 Å². The molecule has 1 fully saturated rings. The molecule has 3 rings (SSSR count). The van der Waals surface area contributed by atoms with Gasteiger partial charge in [0.25, 0.3) is 0 Å². The molecule has 0 unspecified atom stereocenters. The van der Waals surface area contributed by atoms with Gasteiger partial charge in [0, 0.05) is 35.9 Å². The highest BCUT2D eigenvalue weighted by atomic mass is 32.1. The Morgan fingerprint density at radius 1 is 1.38 bits per heavy atom. The van der Waals surface area contributed by atoms with E-state index < -0.39 is 0 Å². The van der Waals surface area contributed by atoms with Crippen molar-refractivity contribution in [3.8, 4) is 0 Å². The lowest BCUT2D eigenvalue weighted by atomic mass is 10.0. The molecular formula is C19H25N3OS. The summed E-state index contributed by atoms with van der Waals surface area (Å²) in [5, 5.41) is 1.86. The molecule has 2 heterocycles. The van der Waals surface area contributed by atoms with Crippen LogP contribution in [0.15, 0.2) is 41.8 Å². The number of carbonyl (C=O) groups is 1. The second kappa shape index (κ2) is 7.92. The average Bonchev–Trinajstić information content (AvgIpc) is 3.05. The number of rotatable bonds is 6. The summed E-state index contributed by atoms with van der Waals surface area (Å²) in [6, 6.07) is 13.2. The Hall–Kier alpha value is -1.69. The zero-order chi connectivity index (χ0) is 16.9. The van der Waals surface area contributed by atoms with Crippen LogP contribution in [-0.2, 0) is 13.1 Å². The van der Waals surface area contributed by atoms with Crippen molar-refractivity contribution in [2.75, 3.05) is 20.1 Å². The first-order chi connectivity index (χ1) is 11.6. The van der Waals surface area contributed by atoms with E-state index in [9.17, 15) is 4.79 Å². The number of nitrogens with zero attached hydrogens (tertiary/aromatic N) is 2. The number of likely N-dealkylation sites (N-methyl/N-ethyl adjacent to an activating group) is 1. The molecule has 1 aromatic heterocycles. The molecule has 0 spiro atoms. The highest BCUT2D eigenvalue weighted by molar-refractivity contribution is 7.10. The van der Waals surface area contributed by atoms with Gasteiger partial charge in [0.2, 0.25) is 5.91 Å². The van der Waals surface area contributed by atoms with Crippen LogP contribution < -0.4 is 5.73 Å². The van der Waals surface area contributed by atoms with E-state index in [0.29, 0.717) is 11.6 Å². The Morgan fingerprint density at radius 2 is 2.17 bits per heavy atom. The zero-order valence-corrected chi connectivity index (χ0v) is 15.0. The smallest absolute Gasteiger partial charge is 0.249 e. The number of hydrogen-bond acceptors (Lipinski definition) is 4. The maximum absolute atomic E-state index is 11.2. The predicted octanol–water partition coefficient (Wildman–Crippen LogP) is 2.94. The third-order valence-electron chi connectivity index (χ3n) is 4.70. The summed E-state index contributed by atoms with van der Waals surface area (Å²) in [6.07, 6.45) is 2.47. The number of likely N-dealkylation sites (tertiary alicyclic amines) is 1. The van der Waals surface area contributed by atoms with Gasteiger partial charge in [0.15, 0.2) is 0 Å². The van der Waals surface area contributed by atoms with Gasteiger partial charge >= 0.3 is 0 Å². The van der Waals surface area contributed by atoms with Gasteiger partial charge in [-0.15, -0.1) is 11.3 Å². The van der Waals surface area contributed by atoms with Crippen LogP contribution in [0.3, 0.4) is 0 Å². The van der Waals surface area contributed by atoms with Crippen LogP contribution in [0.2, 0.25) is 0 Å². The molecule has 0 saturated carbocycles. The normalized spacial score (nSPS) is 18.8. The van der Waals surface area contributed by atoms with Crippen molar-refractivity contribution < 1.29 is 4.79 Å². The number of thiophene rings is 1. The molecule has 128 valence electrons. The molecule has 24 heavy (non-hydrogen) atoms. The average molecular weight is 343 g/mol. The lowest BCUT2D eigenvalue weighted by Gasteiger charge is -2.37. The molecule has 0 radical (unpaired) electrons. The summed E-state index contributed by atoms with van der Waals surface area (Å²) in [7, 11) is 2.18. The molecule has 1 atom stereocenters. The Morgan fingerprint density at radius 3 is 2.88 bits per heavy atom. The molecule has 1 amide bonds. The third kappa shape index (κ3) is 4.44. The fourth-order valence-corrected chi connectivity index (χ4v) is 4.28. The molecule has 5 heteroatoms. The van der Waals surface area contributed by atoms with Crippen LogP contribution in [0.5, 0.6) is 0 Å². The lowest BCUT2D eigenvalue weighted by molar-refractivity contribution is 0.1000. The molecule has 1 aliphatic rings. The molecule has 2 N–H and O–H groups in total. The first-order valence-electron chi connectivity index (χ1n) is 8.45. The highest BCUT2D eigenvalue weighted by Gasteiger charge is 2.23. The van der Waals surface area contributed by atoms with Gasteiger partial charge in [0.05, 0.1) is 5.56 Å². The van der Waals surface area contributed by atoms with Gasteiger partial charge in [0.1, 0.15) is 0 Å². The van der Waals surface area contributed by atoms with Crippen LogP contribution in [0.4, 0.5) is 0 Å². The summed E-state index contributed by atoms with van der Waals surface area (Å²) in [5.74, 6) is -0.341. The minimum Gasteiger partial charge on any atom is -0.366 e. The van der Waals surface area contributed by atoms with Crippen molar-refractivity contribution in [1.82, 2.24) is 9.80 Å². The monoisotopic (exact) mass is 343 g/mol. The van der Waals surface area contributed by atoms with Crippen molar-refractivity contribution in [2.24, 2.45) is 5.73 Å². The standard InChI is InChI=1S/C19H25N3OS/c1-21(13-18-10-16(14-24-18)19(20)23)17-8-5-9-22(12-17)11-15-6-3-2-4-7-15/h2-4,6-7,10,14,17H,5,8-9,11-13H2,1H3,(H2,20,23)/t17-/m0/s1. The van der Waals surface area contributed by atoms with Crippen molar-refractivity contribution in [3.05, 3.63) is 57.8 Å². The van der Waals surface area contributed by atoms with Gasteiger partial charge in [-0.05, 0) is 38.1 Å². The van der Waals surface area contributed by atoms with Crippen LogP contribution in [-0.4, -0.2) is 41.9 Å². The SMILES string of the molecule is CN(Cc1cc(C(N)=O)cs1)[C@H]1CCCN(Cc2ccccc2)C1. The molecular weight excluding hydrogens is 318 g/mol. The molecule has 1 aliphatic heterocycles. The Balaban J connectivity index is 1.56. The number of hydrogen-bond donors (Lipinski definition) is 1. The van der Waals surface area contributed by atoms with E-state index in [2.05, 4.69) is 47.2 Å². The van der Waals surface area contributed by atoms with Gasteiger partial charge < -0.3 is 5.73 Å². The molecule has 4 nitrogen and oxygen atoms in total. The summed E-state index contributed by atoms with van der Waals surface area (Å²) in [5.41, 5.74) is 7.34. The quantitative estimate of drug-likeness (QED) is 0.877. The lowest BCUT2D eigenvalue weighted by Crippen LogP contribution is -2.45. The molecule has 0 bridgehead atoms. The minimum atomic E-state index is -0.341. The van der Waals surface area contributed by atoms with Gasteiger partial charge in [-0.25, -0.2) is 0 Å². The zero-order valence-electron chi connectivity index (χ0n) is 14.1. The van der Waals surface area contributed by atoms with Crippen molar-refractivity contribution in [2.45, 2.75) is 32.0 Å². The first kappa shape index (κ1) is 17.1. The molecule has 1 saturated heterocycles. The van der Waals surface area contributed by atoms with Crippen LogP contribution in [0.25, 0.3) is 0 Å². The number of piperidine rings is 1. The fourth-order valence-electron chi connectivity index (χ4n) is 3.34. The van der Waals surface area contributed by atoms with E-state index in [1.807, 2.05) is 11.4 Å². The summed E-state index contributed by atoms with van der Waals surface area (Å²) in [4.78, 5) is 17.4. The maximum atomic E-state index is 11.2. The predicted molar refractivity (Wildman–Crippen MR) is 99.0 cm³/mol. The number of primary amides is 1. The molecule has 2 aromatic rings. The first-order valence-corrected chi connectivity index (χ1v) is 9.33. The van der Waals surface area contributed by atoms with Gasteiger partial charge in [-0.2, -0.15) is 0 Å². The summed E-state index contributed by atoms with van der Waals surface area (Å²) < 4.78 is 0. The van der Waals surface area contributed by atoms with Gasteiger partial charge in [-0.3, -0.25) is 14.6 Å². The van der Waals surface area contributed by atoms with E-state index in [-0.39, 0.29) is 5.91 Å². The fraction of sp³-hybridized carbons (Fsp3) is 0.421. The largest absolute Gasteiger partial charge is 0.366 e. The number of amides is 1. The Labute approximate surface area is 147 Å². The number of carbonyl (C=O) groups excluding carboxylic acids is 1.